The van der Waals surface area contributed by atoms with Gasteiger partial charge in [-0.1, -0.05) is 53.6 Å². The molecule has 4 nitrogen and oxygen atoms in total. The van der Waals surface area contributed by atoms with Gasteiger partial charge in [0.2, 0.25) is 5.13 Å². The van der Waals surface area contributed by atoms with Crippen molar-refractivity contribution in [1.29, 1.82) is 0 Å². The molecule has 4 aromatic rings. The van der Waals surface area contributed by atoms with E-state index in [4.69, 9.17) is 26.4 Å². The van der Waals surface area contributed by atoms with Gasteiger partial charge < -0.3 is 4.74 Å². The first kappa shape index (κ1) is 21.6. The van der Waals surface area contributed by atoms with Crippen LogP contribution in [0.15, 0.2) is 77.2 Å². The Morgan fingerprint density at radius 2 is 1.76 bits per heavy atom. The van der Waals surface area contributed by atoms with Gasteiger partial charge in [0, 0.05) is 22.4 Å². The highest BCUT2D eigenvalue weighted by Crippen LogP contribution is 2.40. The van der Waals surface area contributed by atoms with E-state index in [9.17, 15) is 4.39 Å². The minimum absolute atomic E-state index is 0.00910. The number of hydrogen-bond donors (Lipinski definition) is 0. The summed E-state index contributed by atoms with van der Waals surface area (Å²) in [5, 5.41) is 10.3. The number of aryl methyl sites for hydroxylation is 1. The van der Waals surface area contributed by atoms with Crippen molar-refractivity contribution in [2.75, 3.05) is 12.1 Å². The van der Waals surface area contributed by atoms with E-state index >= 15 is 0 Å². The van der Waals surface area contributed by atoms with Crippen molar-refractivity contribution in [3.8, 4) is 17.0 Å². The van der Waals surface area contributed by atoms with Gasteiger partial charge in [0.25, 0.3) is 0 Å². The summed E-state index contributed by atoms with van der Waals surface area (Å²) < 4.78 is 19.3. The Kier molecular flexibility index (Phi) is 5.87. The Balaban J connectivity index is 1.52. The van der Waals surface area contributed by atoms with Crippen molar-refractivity contribution in [3.05, 3.63) is 99.6 Å². The average molecular weight is 478 g/mol. The van der Waals surface area contributed by atoms with Crippen molar-refractivity contribution in [2.24, 2.45) is 5.10 Å². The Bertz CT molecular complexity index is 1320. The second kappa shape index (κ2) is 8.96. The average Bonchev–Trinajstić information content (AvgIpc) is 3.48. The summed E-state index contributed by atoms with van der Waals surface area (Å²) in [6.07, 6.45) is 0.747. The monoisotopic (exact) mass is 477 g/mol. The molecular formula is C26H21ClFN3OS. The fourth-order valence-corrected chi connectivity index (χ4v) is 4.84. The summed E-state index contributed by atoms with van der Waals surface area (Å²) in [7, 11) is 1.45. The van der Waals surface area contributed by atoms with Gasteiger partial charge in [-0.15, -0.1) is 11.3 Å². The zero-order valence-electron chi connectivity index (χ0n) is 18.1. The molecule has 0 radical (unpaired) electrons. The lowest BCUT2D eigenvalue weighted by Gasteiger charge is -2.21. The number of hydrazone groups is 1. The zero-order chi connectivity index (χ0) is 22.9. The van der Waals surface area contributed by atoms with E-state index in [0.29, 0.717) is 16.3 Å². The maximum absolute atomic E-state index is 14.2. The molecule has 0 bridgehead atoms. The predicted octanol–water partition coefficient (Wildman–Crippen LogP) is 7.28. The van der Waals surface area contributed by atoms with Gasteiger partial charge in [0.15, 0.2) is 11.6 Å². The third kappa shape index (κ3) is 4.36. The molecule has 1 atom stereocenters. The van der Waals surface area contributed by atoms with Gasteiger partial charge in [-0.3, -0.25) is 0 Å². The molecule has 0 unspecified atom stereocenters. The molecule has 0 aliphatic carbocycles. The highest BCUT2D eigenvalue weighted by molar-refractivity contribution is 7.14. The van der Waals surface area contributed by atoms with Crippen LogP contribution in [0.3, 0.4) is 0 Å². The fraction of sp³-hybridized carbons (Fsp3) is 0.154. The van der Waals surface area contributed by atoms with Crippen LogP contribution in [0.4, 0.5) is 9.52 Å². The molecule has 1 aliphatic heterocycles. The number of benzene rings is 3. The van der Waals surface area contributed by atoms with Crippen LogP contribution in [0.25, 0.3) is 11.3 Å². The van der Waals surface area contributed by atoms with E-state index in [1.807, 2.05) is 40.7 Å². The van der Waals surface area contributed by atoms with Gasteiger partial charge in [-0.05, 0) is 48.4 Å². The number of anilines is 1. The second-order valence-corrected chi connectivity index (χ2v) is 9.17. The van der Waals surface area contributed by atoms with E-state index in [0.717, 1.165) is 28.4 Å². The minimum Gasteiger partial charge on any atom is -0.494 e. The molecule has 166 valence electrons. The summed E-state index contributed by atoms with van der Waals surface area (Å²) in [5.41, 5.74) is 5.81. The maximum Gasteiger partial charge on any atom is 0.207 e. The van der Waals surface area contributed by atoms with Gasteiger partial charge in [0.1, 0.15) is 0 Å². The smallest absolute Gasteiger partial charge is 0.207 e. The number of ether oxygens (including phenoxy) is 1. The molecule has 0 saturated carbocycles. The highest BCUT2D eigenvalue weighted by atomic mass is 35.5. The minimum atomic E-state index is -0.413. The van der Waals surface area contributed by atoms with Gasteiger partial charge in [-0.25, -0.2) is 14.4 Å². The second-order valence-electron chi connectivity index (χ2n) is 7.89. The topological polar surface area (TPSA) is 37.7 Å². The van der Waals surface area contributed by atoms with E-state index in [2.05, 4.69) is 31.2 Å². The first-order valence-corrected chi connectivity index (χ1v) is 11.8. The summed E-state index contributed by atoms with van der Waals surface area (Å²) in [6.45, 7) is 2.07. The quantitative estimate of drug-likeness (QED) is 0.303. The first-order chi connectivity index (χ1) is 16.0. The van der Waals surface area contributed by atoms with Crippen molar-refractivity contribution in [1.82, 2.24) is 4.98 Å². The molecule has 3 aromatic carbocycles. The van der Waals surface area contributed by atoms with Crippen LogP contribution in [0, 0.1) is 12.7 Å². The summed E-state index contributed by atoms with van der Waals surface area (Å²) in [6, 6.07) is 21.1. The summed E-state index contributed by atoms with van der Waals surface area (Å²) in [5.74, 6) is -0.201. The van der Waals surface area contributed by atoms with E-state index < -0.39 is 5.82 Å². The van der Waals surface area contributed by atoms with Gasteiger partial charge in [-0.2, -0.15) is 5.10 Å². The van der Waals surface area contributed by atoms with Crippen LogP contribution in [-0.2, 0) is 0 Å². The molecule has 1 aliphatic rings. The predicted molar refractivity (Wildman–Crippen MR) is 133 cm³/mol. The number of hydrogen-bond acceptors (Lipinski definition) is 5. The van der Waals surface area contributed by atoms with Crippen LogP contribution in [0.1, 0.15) is 29.2 Å². The molecule has 0 N–H and O–H groups in total. The Morgan fingerprint density at radius 3 is 2.45 bits per heavy atom. The van der Waals surface area contributed by atoms with Crippen LogP contribution in [-0.4, -0.2) is 17.8 Å². The summed E-state index contributed by atoms with van der Waals surface area (Å²) in [4.78, 5) is 4.80. The fourth-order valence-electron chi connectivity index (χ4n) is 3.88. The lowest BCUT2D eigenvalue weighted by molar-refractivity contribution is 0.386. The lowest BCUT2D eigenvalue weighted by Crippen LogP contribution is -2.18. The van der Waals surface area contributed by atoms with Crippen LogP contribution in [0.2, 0.25) is 5.02 Å². The Labute approximate surface area is 200 Å². The highest BCUT2D eigenvalue weighted by Gasteiger charge is 2.31. The standard InChI is InChI=1S/C26H21ClFN3OS/c1-16-3-5-17(6-4-16)22-14-24(18-7-10-20(27)11-8-18)31(30-22)26-29-23(15-33-26)19-9-12-25(32-2)21(28)13-19/h3-13,15,24H,14H2,1-2H3/t24-/m1/s1. The molecule has 33 heavy (non-hydrogen) atoms. The van der Waals surface area contributed by atoms with E-state index in [1.54, 1.807) is 6.07 Å². The molecule has 5 rings (SSSR count). The van der Waals surface area contributed by atoms with Crippen molar-refractivity contribution in [2.45, 2.75) is 19.4 Å². The molecule has 0 spiro atoms. The van der Waals surface area contributed by atoms with Crippen molar-refractivity contribution in [3.63, 3.8) is 0 Å². The molecule has 7 heteroatoms. The molecule has 1 aromatic heterocycles. The summed E-state index contributed by atoms with van der Waals surface area (Å²) >= 11 is 7.61. The number of methoxy groups -OCH3 is 1. The third-order valence-electron chi connectivity index (χ3n) is 5.69. The number of thiazole rings is 1. The molecular weight excluding hydrogens is 457 g/mol. The zero-order valence-corrected chi connectivity index (χ0v) is 19.7. The van der Waals surface area contributed by atoms with Gasteiger partial charge in [0.05, 0.1) is 24.6 Å². The van der Waals surface area contributed by atoms with Crippen LogP contribution >= 0.6 is 22.9 Å². The van der Waals surface area contributed by atoms with Crippen LogP contribution < -0.4 is 9.75 Å². The first-order valence-electron chi connectivity index (χ1n) is 10.5. The lowest BCUT2D eigenvalue weighted by atomic mass is 9.98. The largest absolute Gasteiger partial charge is 0.494 e. The maximum atomic E-state index is 14.2. The van der Waals surface area contributed by atoms with Crippen molar-refractivity contribution < 1.29 is 9.13 Å². The molecule has 0 amide bonds. The van der Waals surface area contributed by atoms with Gasteiger partial charge >= 0.3 is 0 Å². The number of rotatable bonds is 5. The third-order valence-corrected chi connectivity index (χ3v) is 6.77. The Hall–Kier alpha value is -3.22. The number of aromatic nitrogens is 1. The van der Waals surface area contributed by atoms with E-state index in [-0.39, 0.29) is 11.8 Å². The Morgan fingerprint density at radius 1 is 1.03 bits per heavy atom. The van der Waals surface area contributed by atoms with Crippen molar-refractivity contribution >= 4 is 33.8 Å². The molecule has 2 heterocycles. The molecule has 0 saturated heterocycles. The number of nitrogens with zero attached hydrogens (tertiary/aromatic N) is 3. The SMILES string of the molecule is COc1ccc(-c2csc(N3N=C(c4ccc(C)cc4)C[C@@H]3c3ccc(Cl)cc3)n2)cc1F. The van der Waals surface area contributed by atoms with Crippen LogP contribution in [0.5, 0.6) is 5.75 Å². The normalized spacial score (nSPS) is 15.6. The van der Waals surface area contributed by atoms with E-state index in [1.165, 1.54) is 30.1 Å². The number of halogens is 2. The molecule has 0 fully saturated rings.